The first kappa shape index (κ1) is 21.3. The van der Waals surface area contributed by atoms with Crippen molar-refractivity contribution in [1.29, 1.82) is 0 Å². The minimum absolute atomic E-state index is 0.123. The number of ether oxygens (including phenoxy) is 3. The second kappa shape index (κ2) is 8.79. The fraction of sp³-hybridized carbons (Fsp3) is 0.444. The minimum Gasteiger partial charge on any atom is -0.479 e. The molecule has 1 aromatic rings. The van der Waals surface area contributed by atoms with Crippen molar-refractivity contribution in [1.82, 2.24) is 0 Å². The summed E-state index contributed by atoms with van der Waals surface area (Å²) < 4.78 is 28.1. The normalized spacial score (nSPS) is 19.7. The smallest absolute Gasteiger partial charge is 0.324 e. The van der Waals surface area contributed by atoms with E-state index in [1.165, 1.54) is 24.3 Å². The third kappa shape index (κ3) is 4.14. The van der Waals surface area contributed by atoms with Gasteiger partial charge in [0.1, 0.15) is 5.82 Å². The lowest BCUT2D eigenvalue weighted by molar-refractivity contribution is -0.161. The van der Waals surface area contributed by atoms with E-state index in [0.29, 0.717) is 6.61 Å². The molecule has 0 N–H and O–H groups in total. The van der Waals surface area contributed by atoms with Crippen LogP contribution < -0.4 is 0 Å². The zero-order valence-corrected chi connectivity index (χ0v) is 16.7. The molecule has 0 bridgehead atoms. The number of Topliss-reactive ketones (excluding diaryl/α,β-unsaturated/α-hetero) is 1. The number of rotatable bonds is 7. The van der Waals surface area contributed by atoms with E-state index in [-0.39, 0.29) is 22.2 Å². The second-order valence-corrected chi connectivity index (χ2v) is 7.56. The number of ketones is 1. The Kier molecular flexibility index (Phi) is 6.94. The van der Waals surface area contributed by atoms with Crippen LogP contribution in [0.25, 0.3) is 0 Å². The number of carbonyl (C=O) groups is 3. The number of thiocarbonyl (C=S) groups is 1. The molecule has 1 fully saturated rings. The molecule has 9 heteroatoms. The van der Waals surface area contributed by atoms with Gasteiger partial charge in [0.2, 0.25) is 4.38 Å². The maximum absolute atomic E-state index is 13.1. The van der Waals surface area contributed by atoms with E-state index >= 15 is 0 Å². The molecule has 0 heterocycles. The van der Waals surface area contributed by atoms with Gasteiger partial charge in [-0.15, -0.1) is 0 Å². The van der Waals surface area contributed by atoms with Gasteiger partial charge in [-0.1, -0.05) is 11.8 Å². The zero-order valence-electron chi connectivity index (χ0n) is 15.0. The molecule has 2 atom stereocenters. The van der Waals surface area contributed by atoms with E-state index in [1.807, 2.05) is 0 Å². The first-order chi connectivity index (χ1) is 12.8. The van der Waals surface area contributed by atoms with Gasteiger partial charge in [-0.25, -0.2) is 4.39 Å². The fourth-order valence-corrected chi connectivity index (χ4v) is 4.80. The number of benzene rings is 1. The monoisotopic (exact) mass is 414 g/mol. The summed E-state index contributed by atoms with van der Waals surface area (Å²) in [5.74, 6) is -3.06. The molecule has 0 unspecified atom stereocenters. The van der Waals surface area contributed by atoms with Crippen molar-refractivity contribution in [3.05, 3.63) is 35.6 Å². The third-order valence-corrected chi connectivity index (χ3v) is 6.06. The number of thioether (sulfide) groups is 1. The Balaban J connectivity index is 2.29. The van der Waals surface area contributed by atoms with Gasteiger partial charge >= 0.3 is 11.9 Å². The highest BCUT2D eigenvalue weighted by atomic mass is 32.2. The summed E-state index contributed by atoms with van der Waals surface area (Å²) in [7, 11) is 2.32. The van der Waals surface area contributed by atoms with E-state index in [9.17, 15) is 18.8 Å². The zero-order chi connectivity index (χ0) is 20.2. The average Bonchev–Trinajstić information content (AvgIpc) is 3.27. The summed E-state index contributed by atoms with van der Waals surface area (Å²) >= 11 is 6.13. The topological polar surface area (TPSA) is 78.9 Å². The molecular weight excluding hydrogens is 395 g/mol. The number of hydrogen-bond acceptors (Lipinski definition) is 8. The Morgan fingerprint density at radius 2 is 1.70 bits per heavy atom. The molecule has 1 aliphatic rings. The number of halogens is 1. The van der Waals surface area contributed by atoms with Crippen LogP contribution in [0.4, 0.5) is 4.39 Å². The van der Waals surface area contributed by atoms with Gasteiger partial charge in [-0.2, -0.15) is 0 Å². The molecule has 0 aromatic heterocycles. The maximum atomic E-state index is 13.1. The van der Waals surface area contributed by atoms with E-state index in [4.69, 9.17) is 26.4 Å². The van der Waals surface area contributed by atoms with E-state index in [1.54, 1.807) is 6.92 Å². The van der Waals surface area contributed by atoms with Gasteiger partial charge in [-0.3, -0.25) is 14.4 Å². The van der Waals surface area contributed by atoms with Crippen molar-refractivity contribution >= 4 is 46.1 Å². The van der Waals surface area contributed by atoms with Gasteiger partial charge in [0, 0.05) is 23.2 Å². The maximum Gasteiger partial charge on any atom is 0.324 e. The lowest BCUT2D eigenvalue weighted by atomic mass is 9.98. The van der Waals surface area contributed by atoms with Crippen molar-refractivity contribution < 1.29 is 33.0 Å². The van der Waals surface area contributed by atoms with Crippen LogP contribution in [-0.4, -0.2) is 48.2 Å². The van der Waals surface area contributed by atoms with Crippen molar-refractivity contribution in [3.63, 3.8) is 0 Å². The molecule has 0 spiro atoms. The Morgan fingerprint density at radius 1 is 1.15 bits per heavy atom. The van der Waals surface area contributed by atoms with Crippen LogP contribution in [0.5, 0.6) is 0 Å². The Labute approximate surface area is 165 Å². The molecular formula is C18H19FO6S2. The minimum atomic E-state index is -1.63. The average molecular weight is 414 g/mol. The highest BCUT2D eigenvalue weighted by Gasteiger charge is 2.77. The number of esters is 2. The van der Waals surface area contributed by atoms with Crippen molar-refractivity contribution in [2.24, 2.45) is 11.3 Å². The van der Waals surface area contributed by atoms with Gasteiger partial charge in [0.05, 0.1) is 20.8 Å². The quantitative estimate of drug-likeness (QED) is 0.292. The number of methoxy groups -OCH3 is 2. The van der Waals surface area contributed by atoms with Crippen LogP contribution in [-0.2, 0) is 23.8 Å². The van der Waals surface area contributed by atoms with Crippen LogP contribution in [0.3, 0.4) is 0 Å². The molecule has 27 heavy (non-hydrogen) atoms. The number of carbonyl (C=O) groups excluding carboxylic acids is 3. The molecule has 1 saturated carbocycles. The van der Waals surface area contributed by atoms with Gasteiger partial charge in [0.15, 0.2) is 11.2 Å². The predicted octanol–water partition coefficient (Wildman–Crippen LogP) is 2.78. The highest BCUT2D eigenvalue weighted by molar-refractivity contribution is 8.23. The first-order valence-corrected chi connectivity index (χ1v) is 9.40. The Bertz CT molecular complexity index is 733. The summed E-state index contributed by atoms with van der Waals surface area (Å²) in [6.07, 6.45) is -0.123. The summed E-state index contributed by atoms with van der Waals surface area (Å²) in [4.78, 5) is 37.4. The molecule has 1 aromatic carbocycles. The van der Waals surface area contributed by atoms with Crippen molar-refractivity contribution in [2.75, 3.05) is 20.8 Å². The lowest BCUT2D eigenvalue weighted by Gasteiger charge is -2.13. The SMILES string of the molecule is CCOC(=S)S[C@@H]1[C@@H](CC(=O)c2ccc(F)cc2)C1(C(=O)OC)C(=O)OC. The summed E-state index contributed by atoms with van der Waals surface area (Å²) in [6, 6.07) is 5.05. The second-order valence-electron chi connectivity index (χ2n) is 5.81. The summed E-state index contributed by atoms with van der Waals surface area (Å²) in [5, 5.41) is -0.652. The molecule has 0 aliphatic heterocycles. The van der Waals surface area contributed by atoms with Crippen molar-refractivity contribution in [3.8, 4) is 0 Å². The van der Waals surface area contributed by atoms with Crippen LogP contribution >= 0.6 is 24.0 Å². The largest absolute Gasteiger partial charge is 0.479 e. The molecule has 146 valence electrons. The van der Waals surface area contributed by atoms with Crippen LogP contribution in [0, 0.1) is 17.2 Å². The predicted molar refractivity (Wildman–Crippen MR) is 101 cm³/mol. The molecule has 6 nitrogen and oxygen atoms in total. The first-order valence-electron chi connectivity index (χ1n) is 8.11. The van der Waals surface area contributed by atoms with E-state index in [2.05, 4.69) is 0 Å². The molecule has 0 radical (unpaired) electrons. The van der Waals surface area contributed by atoms with Crippen molar-refractivity contribution in [2.45, 2.75) is 18.6 Å². The Hall–Kier alpha value is -2.00. The number of hydrogen-bond donors (Lipinski definition) is 0. The van der Waals surface area contributed by atoms with Crippen LogP contribution in [0.1, 0.15) is 23.7 Å². The summed E-state index contributed by atoms with van der Waals surface area (Å²) in [5.41, 5.74) is -1.35. The standard InChI is InChI=1S/C18H19FO6S2/c1-4-25-17(26)27-14-12(18(14,15(21)23-2)16(22)24-3)9-13(20)10-5-7-11(19)8-6-10/h5-8,12,14H,4,9H2,1-3H3/t12-,14-/m1/s1. The van der Waals surface area contributed by atoms with Gasteiger partial charge < -0.3 is 14.2 Å². The molecule has 0 amide bonds. The fourth-order valence-electron chi connectivity index (χ4n) is 3.03. The third-order valence-electron chi connectivity index (χ3n) is 4.39. The van der Waals surface area contributed by atoms with E-state index in [0.717, 1.165) is 26.0 Å². The van der Waals surface area contributed by atoms with Crippen LogP contribution in [0.2, 0.25) is 0 Å². The van der Waals surface area contributed by atoms with Gasteiger partial charge in [-0.05, 0) is 43.4 Å². The summed E-state index contributed by atoms with van der Waals surface area (Å²) in [6.45, 7) is 2.09. The Morgan fingerprint density at radius 3 is 2.19 bits per heavy atom. The highest BCUT2D eigenvalue weighted by Crippen LogP contribution is 2.63. The van der Waals surface area contributed by atoms with Gasteiger partial charge in [0.25, 0.3) is 0 Å². The van der Waals surface area contributed by atoms with Crippen LogP contribution in [0.15, 0.2) is 24.3 Å². The molecule has 1 aliphatic carbocycles. The molecule has 2 rings (SSSR count). The molecule has 0 saturated heterocycles. The van der Waals surface area contributed by atoms with E-state index < -0.39 is 34.3 Å². The lowest BCUT2D eigenvalue weighted by Crippen LogP contribution is -2.33.